The van der Waals surface area contributed by atoms with Crippen LogP contribution in [-0.2, 0) is 4.79 Å². The van der Waals surface area contributed by atoms with Gasteiger partial charge in [0.25, 0.3) is 5.91 Å². The lowest BCUT2D eigenvalue weighted by Gasteiger charge is -2.15. The van der Waals surface area contributed by atoms with E-state index in [-0.39, 0.29) is 17.6 Å². The van der Waals surface area contributed by atoms with E-state index in [1.165, 1.54) is 17.4 Å². The third kappa shape index (κ3) is 4.30. The van der Waals surface area contributed by atoms with E-state index in [9.17, 15) is 18.4 Å². The number of hydrogen-bond donors (Lipinski definition) is 1. The molecule has 0 aliphatic carbocycles. The van der Waals surface area contributed by atoms with Crippen molar-refractivity contribution in [1.29, 1.82) is 0 Å². The van der Waals surface area contributed by atoms with Crippen molar-refractivity contribution in [3.63, 3.8) is 0 Å². The van der Waals surface area contributed by atoms with E-state index in [2.05, 4.69) is 15.0 Å². The van der Waals surface area contributed by atoms with Crippen LogP contribution in [0, 0.1) is 0 Å². The van der Waals surface area contributed by atoms with Crippen LogP contribution in [0.5, 0.6) is 5.75 Å². The van der Waals surface area contributed by atoms with Crippen molar-refractivity contribution < 1.29 is 23.1 Å². The van der Waals surface area contributed by atoms with Crippen LogP contribution < -0.4 is 15.0 Å². The molecule has 1 aliphatic heterocycles. The molecule has 4 rings (SSSR count). The van der Waals surface area contributed by atoms with Gasteiger partial charge >= 0.3 is 6.61 Å². The first-order valence-electron chi connectivity index (χ1n) is 9.23. The van der Waals surface area contributed by atoms with Crippen LogP contribution in [0.3, 0.4) is 0 Å². The predicted octanol–water partition coefficient (Wildman–Crippen LogP) is 4.79. The number of halogens is 2. The van der Waals surface area contributed by atoms with Crippen LogP contribution in [0.1, 0.15) is 23.2 Å². The fourth-order valence-corrected chi connectivity index (χ4v) is 3.92. The van der Waals surface area contributed by atoms with Gasteiger partial charge in [0.1, 0.15) is 5.75 Å². The zero-order chi connectivity index (χ0) is 21.1. The summed E-state index contributed by atoms with van der Waals surface area (Å²) in [5, 5.41) is 4.70. The van der Waals surface area contributed by atoms with E-state index >= 15 is 0 Å². The first-order valence-corrected chi connectivity index (χ1v) is 10.1. The molecule has 1 aliphatic rings. The van der Waals surface area contributed by atoms with Gasteiger partial charge in [-0.2, -0.15) is 8.78 Å². The molecular formula is C21H17F2N3O3S. The molecule has 0 saturated carbocycles. The molecule has 0 spiro atoms. The van der Waals surface area contributed by atoms with Gasteiger partial charge < -0.3 is 9.64 Å². The number of anilines is 2. The topological polar surface area (TPSA) is 71.5 Å². The van der Waals surface area contributed by atoms with E-state index in [1.807, 2.05) is 0 Å². The molecule has 3 aromatic rings. The first kappa shape index (κ1) is 20.0. The number of ether oxygens (including phenoxy) is 1. The molecular weight excluding hydrogens is 412 g/mol. The van der Waals surface area contributed by atoms with Gasteiger partial charge in [0.15, 0.2) is 5.13 Å². The van der Waals surface area contributed by atoms with Crippen molar-refractivity contribution in [2.45, 2.75) is 19.5 Å². The van der Waals surface area contributed by atoms with Crippen molar-refractivity contribution in [1.82, 2.24) is 4.98 Å². The van der Waals surface area contributed by atoms with E-state index < -0.39 is 6.61 Å². The molecule has 0 atom stereocenters. The summed E-state index contributed by atoms with van der Waals surface area (Å²) in [6.07, 6.45) is 1.37. The quantitative estimate of drug-likeness (QED) is 0.612. The van der Waals surface area contributed by atoms with Crippen molar-refractivity contribution in [3.8, 4) is 17.0 Å². The number of benzene rings is 2. The molecule has 0 bridgehead atoms. The highest BCUT2D eigenvalue weighted by Crippen LogP contribution is 2.33. The summed E-state index contributed by atoms with van der Waals surface area (Å²) in [5.74, 6) is -0.256. The number of carbonyl (C=O) groups excluding carboxylic acids is 2. The van der Waals surface area contributed by atoms with Crippen LogP contribution >= 0.6 is 11.3 Å². The first-order chi connectivity index (χ1) is 14.5. The third-order valence-electron chi connectivity index (χ3n) is 4.62. The van der Waals surface area contributed by atoms with E-state index in [4.69, 9.17) is 0 Å². The van der Waals surface area contributed by atoms with Gasteiger partial charge in [-0.05, 0) is 42.8 Å². The molecule has 1 fully saturated rings. The Labute approximate surface area is 175 Å². The molecule has 30 heavy (non-hydrogen) atoms. The zero-order valence-electron chi connectivity index (χ0n) is 15.7. The maximum atomic E-state index is 12.6. The second-order valence-corrected chi connectivity index (χ2v) is 7.42. The lowest BCUT2D eigenvalue weighted by molar-refractivity contribution is -0.117. The van der Waals surface area contributed by atoms with Gasteiger partial charge in [0.2, 0.25) is 5.91 Å². The van der Waals surface area contributed by atoms with Crippen LogP contribution in [-0.4, -0.2) is 30.0 Å². The molecule has 0 radical (unpaired) electrons. The van der Waals surface area contributed by atoms with Crippen molar-refractivity contribution in [2.75, 3.05) is 16.8 Å². The Morgan fingerprint density at radius 3 is 2.63 bits per heavy atom. The molecule has 6 nitrogen and oxygen atoms in total. The molecule has 154 valence electrons. The molecule has 2 amide bonds. The highest BCUT2D eigenvalue weighted by Gasteiger charge is 2.22. The number of carbonyl (C=O) groups is 2. The summed E-state index contributed by atoms with van der Waals surface area (Å²) in [7, 11) is 0. The van der Waals surface area contributed by atoms with Gasteiger partial charge in [-0.1, -0.05) is 12.1 Å². The number of nitrogens with one attached hydrogen (secondary N) is 1. The smallest absolute Gasteiger partial charge is 0.387 e. The lowest BCUT2D eigenvalue weighted by Crippen LogP contribution is -2.23. The summed E-state index contributed by atoms with van der Waals surface area (Å²) < 4.78 is 29.8. The number of hydrogen-bond acceptors (Lipinski definition) is 5. The number of rotatable bonds is 6. The largest absolute Gasteiger partial charge is 0.434 e. The summed E-state index contributed by atoms with van der Waals surface area (Å²) in [6.45, 7) is -2.26. The third-order valence-corrected chi connectivity index (χ3v) is 5.38. The maximum Gasteiger partial charge on any atom is 0.387 e. The molecule has 0 unspecified atom stereocenters. The summed E-state index contributed by atoms with van der Waals surface area (Å²) in [5.41, 5.74) is 2.02. The lowest BCUT2D eigenvalue weighted by atomic mass is 10.1. The maximum absolute atomic E-state index is 12.6. The van der Waals surface area contributed by atoms with Crippen LogP contribution in [0.2, 0.25) is 0 Å². The Hall–Kier alpha value is -3.33. The summed E-state index contributed by atoms with van der Waals surface area (Å²) in [4.78, 5) is 30.4. The average Bonchev–Trinajstić information content (AvgIpc) is 3.37. The number of thiazole rings is 1. The van der Waals surface area contributed by atoms with Gasteiger partial charge in [0, 0.05) is 35.2 Å². The highest BCUT2D eigenvalue weighted by molar-refractivity contribution is 7.14. The average molecular weight is 429 g/mol. The molecule has 9 heteroatoms. The monoisotopic (exact) mass is 429 g/mol. The Bertz CT molecular complexity index is 1070. The SMILES string of the molecule is O=C(Nc1nc(-c2ccccc2OC(F)F)cs1)c1ccc(N2CCCC2=O)cc1. The summed E-state index contributed by atoms with van der Waals surface area (Å²) in [6, 6.07) is 13.1. The number of alkyl halides is 2. The van der Waals surface area contributed by atoms with Gasteiger partial charge in [0.05, 0.1) is 5.69 Å². The zero-order valence-corrected chi connectivity index (χ0v) is 16.5. The molecule has 1 N–H and O–H groups in total. The highest BCUT2D eigenvalue weighted by atomic mass is 32.1. The standard InChI is InChI=1S/C21H17F2N3O3S/c22-20(23)29-17-5-2-1-4-15(17)16-12-30-21(24-16)25-19(28)13-7-9-14(10-8-13)26-11-3-6-18(26)27/h1-2,4-5,7-10,12,20H,3,6,11H2,(H,24,25,28). The fourth-order valence-electron chi connectivity index (χ4n) is 3.22. The van der Waals surface area contributed by atoms with Crippen molar-refractivity contribution >= 4 is 34.0 Å². The second-order valence-electron chi connectivity index (χ2n) is 6.56. The minimum Gasteiger partial charge on any atom is -0.434 e. The van der Waals surface area contributed by atoms with E-state index in [0.29, 0.717) is 34.9 Å². The number of amides is 2. The van der Waals surface area contributed by atoms with Gasteiger partial charge in [-0.15, -0.1) is 11.3 Å². The van der Waals surface area contributed by atoms with Gasteiger partial charge in [-0.25, -0.2) is 4.98 Å². The normalized spacial score (nSPS) is 13.7. The van der Waals surface area contributed by atoms with E-state index in [1.54, 1.807) is 52.7 Å². The molecule has 1 aromatic heterocycles. The van der Waals surface area contributed by atoms with Crippen LogP contribution in [0.25, 0.3) is 11.3 Å². The Morgan fingerprint density at radius 1 is 1.17 bits per heavy atom. The molecule has 2 heterocycles. The number of para-hydroxylation sites is 1. The number of aromatic nitrogens is 1. The van der Waals surface area contributed by atoms with Crippen molar-refractivity contribution in [2.24, 2.45) is 0 Å². The predicted molar refractivity (Wildman–Crippen MR) is 110 cm³/mol. The molecule has 1 saturated heterocycles. The van der Waals surface area contributed by atoms with Gasteiger partial charge in [-0.3, -0.25) is 14.9 Å². The molecule has 2 aromatic carbocycles. The minimum atomic E-state index is -2.94. The minimum absolute atomic E-state index is 0.0164. The van der Waals surface area contributed by atoms with Crippen LogP contribution in [0.4, 0.5) is 19.6 Å². The van der Waals surface area contributed by atoms with E-state index in [0.717, 1.165) is 12.1 Å². The Kier molecular flexibility index (Phi) is 5.71. The van der Waals surface area contributed by atoms with Crippen LogP contribution in [0.15, 0.2) is 53.9 Å². The van der Waals surface area contributed by atoms with Crippen molar-refractivity contribution in [3.05, 3.63) is 59.5 Å². The Morgan fingerprint density at radius 2 is 1.93 bits per heavy atom. The fraction of sp³-hybridized carbons (Fsp3) is 0.190. The second kappa shape index (κ2) is 8.58. The number of nitrogens with zero attached hydrogens (tertiary/aromatic N) is 2. The Balaban J connectivity index is 1.46. The summed E-state index contributed by atoms with van der Waals surface area (Å²) >= 11 is 1.18.